The number of ether oxygens (including phenoxy) is 1. The van der Waals surface area contributed by atoms with Crippen LogP contribution < -0.4 is 0 Å². The third kappa shape index (κ3) is 3.08. The highest BCUT2D eigenvalue weighted by molar-refractivity contribution is 5.90. The lowest BCUT2D eigenvalue weighted by molar-refractivity contribution is 0.0564. The van der Waals surface area contributed by atoms with Crippen LogP contribution in [0.4, 0.5) is 0 Å². The standard InChI is InChI=1S/C20H21N3O3/c1-13-4-5-19-17(9-13)18(22-23(19)15-3-2-8-26-12-15)10-14-11-21-7-6-16(14)20(24)25/h4-7,9,11,15H,2-3,8,10,12H2,1H3,(H,24,25). The van der Waals surface area contributed by atoms with Crippen LogP contribution in [0.5, 0.6) is 0 Å². The predicted octanol–water partition coefficient (Wildman–Crippen LogP) is 3.38. The molecule has 1 saturated heterocycles. The Morgan fingerprint density at radius 2 is 2.27 bits per heavy atom. The van der Waals surface area contributed by atoms with Gasteiger partial charge in [-0.15, -0.1) is 0 Å². The van der Waals surface area contributed by atoms with E-state index in [9.17, 15) is 9.90 Å². The van der Waals surface area contributed by atoms with Gasteiger partial charge in [0.15, 0.2) is 0 Å². The number of rotatable bonds is 4. The number of fused-ring (bicyclic) bond motifs is 1. The molecule has 3 aromatic rings. The fraction of sp³-hybridized carbons (Fsp3) is 0.350. The molecule has 6 heteroatoms. The predicted molar refractivity (Wildman–Crippen MR) is 97.6 cm³/mol. The maximum atomic E-state index is 11.5. The van der Waals surface area contributed by atoms with Gasteiger partial charge in [0.2, 0.25) is 0 Å². The molecule has 0 radical (unpaired) electrons. The molecule has 2 aromatic heterocycles. The van der Waals surface area contributed by atoms with Gasteiger partial charge in [-0.2, -0.15) is 5.10 Å². The fourth-order valence-corrected chi connectivity index (χ4v) is 3.60. The Hall–Kier alpha value is -2.73. The highest BCUT2D eigenvalue weighted by Crippen LogP contribution is 2.29. The van der Waals surface area contributed by atoms with Gasteiger partial charge in [0.25, 0.3) is 0 Å². The van der Waals surface area contributed by atoms with E-state index >= 15 is 0 Å². The summed E-state index contributed by atoms with van der Waals surface area (Å²) in [5, 5.41) is 15.4. The van der Waals surface area contributed by atoms with Crippen molar-refractivity contribution in [1.82, 2.24) is 14.8 Å². The SMILES string of the molecule is Cc1ccc2c(c1)c(Cc1cnccc1C(=O)O)nn2C1CCCOC1. The molecule has 0 spiro atoms. The van der Waals surface area contributed by atoms with E-state index in [1.54, 1.807) is 6.20 Å². The average molecular weight is 351 g/mol. The third-order valence-corrected chi connectivity index (χ3v) is 4.91. The normalized spacial score (nSPS) is 17.5. The van der Waals surface area contributed by atoms with Crippen LogP contribution in [0.2, 0.25) is 0 Å². The summed E-state index contributed by atoms with van der Waals surface area (Å²) in [7, 11) is 0. The second-order valence-electron chi connectivity index (χ2n) is 6.80. The monoisotopic (exact) mass is 351 g/mol. The van der Waals surface area contributed by atoms with Gasteiger partial charge < -0.3 is 9.84 Å². The minimum atomic E-state index is -0.942. The smallest absolute Gasteiger partial charge is 0.336 e. The zero-order chi connectivity index (χ0) is 18.1. The van der Waals surface area contributed by atoms with E-state index in [1.807, 2.05) is 0 Å². The summed E-state index contributed by atoms with van der Waals surface area (Å²) >= 11 is 0. The van der Waals surface area contributed by atoms with Crippen molar-refractivity contribution in [3.63, 3.8) is 0 Å². The lowest BCUT2D eigenvalue weighted by Gasteiger charge is -2.23. The van der Waals surface area contributed by atoms with Gasteiger partial charge in [-0.05, 0) is 43.5 Å². The minimum absolute atomic E-state index is 0.218. The fourth-order valence-electron chi connectivity index (χ4n) is 3.60. The Labute approximate surface area is 151 Å². The average Bonchev–Trinajstić information content (AvgIpc) is 3.00. The molecule has 0 aliphatic carbocycles. The van der Waals surface area contributed by atoms with Crippen molar-refractivity contribution in [2.75, 3.05) is 13.2 Å². The van der Waals surface area contributed by atoms with E-state index in [1.165, 1.54) is 12.3 Å². The molecule has 0 saturated carbocycles. The number of nitrogens with zero attached hydrogens (tertiary/aromatic N) is 3. The summed E-state index contributed by atoms with van der Waals surface area (Å²) in [5.74, 6) is -0.942. The number of benzene rings is 1. The number of hydrogen-bond donors (Lipinski definition) is 1. The lowest BCUT2D eigenvalue weighted by atomic mass is 10.0. The third-order valence-electron chi connectivity index (χ3n) is 4.91. The maximum Gasteiger partial charge on any atom is 0.336 e. The molecule has 26 heavy (non-hydrogen) atoms. The molecule has 0 amide bonds. The lowest BCUT2D eigenvalue weighted by Crippen LogP contribution is -2.22. The van der Waals surface area contributed by atoms with Crippen molar-refractivity contribution < 1.29 is 14.6 Å². The molecular weight excluding hydrogens is 330 g/mol. The molecule has 1 atom stereocenters. The molecule has 1 aliphatic heterocycles. The summed E-state index contributed by atoms with van der Waals surface area (Å²) in [6.45, 7) is 3.52. The second kappa shape index (κ2) is 6.88. The van der Waals surface area contributed by atoms with E-state index in [2.05, 4.69) is 34.8 Å². The Balaban J connectivity index is 1.80. The number of hydrogen-bond acceptors (Lipinski definition) is 4. The van der Waals surface area contributed by atoms with E-state index in [4.69, 9.17) is 9.84 Å². The summed E-state index contributed by atoms with van der Waals surface area (Å²) in [6, 6.07) is 8.05. The Kier molecular flexibility index (Phi) is 4.42. The molecule has 3 heterocycles. The molecule has 1 N–H and O–H groups in total. The number of aromatic nitrogens is 3. The van der Waals surface area contributed by atoms with Gasteiger partial charge >= 0.3 is 5.97 Å². The summed E-state index contributed by atoms with van der Waals surface area (Å²) in [6.07, 6.45) is 5.63. The van der Waals surface area contributed by atoms with Gasteiger partial charge in [0, 0.05) is 30.8 Å². The minimum Gasteiger partial charge on any atom is -0.478 e. The quantitative estimate of drug-likeness (QED) is 0.780. The second-order valence-corrected chi connectivity index (χ2v) is 6.80. The van der Waals surface area contributed by atoms with Crippen molar-refractivity contribution in [2.24, 2.45) is 0 Å². The maximum absolute atomic E-state index is 11.5. The van der Waals surface area contributed by atoms with Crippen LogP contribution >= 0.6 is 0 Å². The van der Waals surface area contributed by atoms with Crippen molar-refractivity contribution >= 4 is 16.9 Å². The largest absolute Gasteiger partial charge is 0.478 e. The van der Waals surface area contributed by atoms with Crippen LogP contribution in [-0.4, -0.2) is 39.1 Å². The Bertz CT molecular complexity index is 958. The van der Waals surface area contributed by atoms with Crippen LogP contribution in [0.1, 0.15) is 46.1 Å². The molecule has 1 fully saturated rings. The summed E-state index contributed by atoms with van der Waals surface area (Å²) in [5.41, 5.74) is 4.05. The zero-order valence-electron chi connectivity index (χ0n) is 14.7. The number of aryl methyl sites for hydroxylation is 1. The van der Waals surface area contributed by atoms with Crippen molar-refractivity contribution in [3.05, 3.63) is 59.0 Å². The Morgan fingerprint density at radius 1 is 1.38 bits per heavy atom. The van der Waals surface area contributed by atoms with Gasteiger partial charge in [-0.3, -0.25) is 9.67 Å². The Morgan fingerprint density at radius 3 is 3.04 bits per heavy atom. The van der Waals surface area contributed by atoms with Crippen LogP contribution in [-0.2, 0) is 11.2 Å². The molecule has 4 rings (SSSR count). The first-order chi connectivity index (χ1) is 12.6. The van der Waals surface area contributed by atoms with E-state index in [0.717, 1.165) is 41.6 Å². The molecule has 134 valence electrons. The van der Waals surface area contributed by atoms with Crippen molar-refractivity contribution in [1.29, 1.82) is 0 Å². The molecule has 6 nitrogen and oxygen atoms in total. The van der Waals surface area contributed by atoms with Gasteiger partial charge in [0.1, 0.15) is 0 Å². The molecular formula is C20H21N3O3. The number of aromatic carboxylic acids is 1. The number of carboxylic acid groups (broad SMARTS) is 1. The highest BCUT2D eigenvalue weighted by atomic mass is 16.5. The molecule has 1 aromatic carbocycles. The van der Waals surface area contributed by atoms with Crippen molar-refractivity contribution in [2.45, 2.75) is 32.2 Å². The van der Waals surface area contributed by atoms with Crippen molar-refractivity contribution in [3.8, 4) is 0 Å². The summed E-state index contributed by atoms with van der Waals surface area (Å²) < 4.78 is 7.69. The zero-order valence-corrected chi connectivity index (χ0v) is 14.7. The van der Waals surface area contributed by atoms with Crippen LogP contribution in [0, 0.1) is 6.92 Å². The van der Waals surface area contributed by atoms with Crippen LogP contribution in [0.15, 0.2) is 36.7 Å². The van der Waals surface area contributed by atoms with Crippen LogP contribution in [0.3, 0.4) is 0 Å². The van der Waals surface area contributed by atoms with E-state index < -0.39 is 5.97 Å². The molecule has 0 bridgehead atoms. The number of carboxylic acids is 1. The molecule has 1 aliphatic rings. The van der Waals surface area contributed by atoms with Gasteiger partial charge in [0.05, 0.1) is 29.4 Å². The topological polar surface area (TPSA) is 77.2 Å². The molecule has 1 unspecified atom stereocenters. The first-order valence-electron chi connectivity index (χ1n) is 8.85. The number of pyridine rings is 1. The van der Waals surface area contributed by atoms with E-state index in [-0.39, 0.29) is 11.6 Å². The highest BCUT2D eigenvalue weighted by Gasteiger charge is 2.22. The first-order valence-corrected chi connectivity index (χ1v) is 8.85. The summed E-state index contributed by atoms with van der Waals surface area (Å²) in [4.78, 5) is 15.6. The van der Waals surface area contributed by atoms with Crippen LogP contribution in [0.25, 0.3) is 10.9 Å². The van der Waals surface area contributed by atoms with Gasteiger partial charge in [-0.25, -0.2) is 4.79 Å². The number of carbonyl (C=O) groups is 1. The van der Waals surface area contributed by atoms with Gasteiger partial charge in [-0.1, -0.05) is 11.6 Å². The first kappa shape index (κ1) is 16.7. The van der Waals surface area contributed by atoms with E-state index in [0.29, 0.717) is 18.6 Å².